The Hall–Kier alpha value is -3.27. The summed E-state index contributed by atoms with van der Waals surface area (Å²) in [4.78, 5) is 14.5. The molecular formula is C17H11F3N4O2S. The lowest BCUT2D eigenvalue weighted by atomic mass is 10.1. The van der Waals surface area contributed by atoms with Crippen molar-refractivity contribution in [1.82, 2.24) is 4.98 Å². The highest BCUT2D eigenvalue weighted by Crippen LogP contribution is 2.29. The highest BCUT2D eigenvalue weighted by atomic mass is 32.1. The first-order valence-corrected chi connectivity index (χ1v) is 8.37. The predicted molar refractivity (Wildman–Crippen MR) is 96.9 cm³/mol. The Morgan fingerprint density at radius 2 is 1.78 bits per heavy atom. The van der Waals surface area contributed by atoms with E-state index in [2.05, 4.69) is 15.5 Å². The lowest BCUT2D eigenvalue weighted by molar-refractivity contribution is -0.384. The molecule has 0 aliphatic rings. The fourth-order valence-corrected chi connectivity index (χ4v) is 2.80. The Morgan fingerprint density at radius 3 is 2.37 bits per heavy atom. The minimum atomic E-state index is -4.37. The van der Waals surface area contributed by atoms with E-state index < -0.39 is 16.7 Å². The molecule has 3 rings (SSSR count). The third kappa shape index (κ3) is 4.67. The van der Waals surface area contributed by atoms with Gasteiger partial charge in [-0.1, -0.05) is 12.1 Å². The molecule has 0 saturated heterocycles. The van der Waals surface area contributed by atoms with Crippen molar-refractivity contribution in [2.75, 3.05) is 5.43 Å². The zero-order valence-corrected chi connectivity index (χ0v) is 14.3. The van der Waals surface area contributed by atoms with Gasteiger partial charge >= 0.3 is 6.18 Å². The van der Waals surface area contributed by atoms with E-state index in [4.69, 9.17) is 0 Å². The van der Waals surface area contributed by atoms with Crippen molar-refractivity contribution in [3.8, 4) is 11.3 Å². The zero-order valence-electron chi connectivity index (χ0n) is 13.5. The van der Waals surface area contributed by atoms with Gasteiger partial charge in [0.1, 0.15) is 0 Å². The zero-order chi connectivity index (χ0) is 19.4. The molecule has 0 bridgehead atoms. The van der Waals surface area contributed by atoms with Crippen LogP contribution in [0.4, 0.5) is 24.0 Å². The van der Waals surface area contributed by atoms with Crippen LogP contribution in [0.25, 0.3) is 11.3 Å². The molecule has 10 heteroatoms. The topological polar surface area (TPSA) is 80.4 Å². The number of thiazole rings is 1. The Morgan fingerprint density at radius 1 is 1.11 bits per heavy atom. The van der Waals surface area contributed by atoms with Crippen molar-refractivity contribution in [3.05, 3.63) is 75.2 Å². The summed E-state index contributed by atoms with van der Waals surface area (Å²) in [6, 6.07) is 10.6. The van der Waals surface area contributed by atoms with Crippen LogP contribution in [0.3, 0.4) is 0 Å². The maximum Gasteiger partial charge on any atom is 0.416 e. The molecule has 0 aliphatic carbocycles. The summed E-state index contributed by atoms with van der Waals surface area (Å²) in [5.41, 5.74) is 3.82. The van der Waals surface area contributed by atoms with Gasteiger partial charge in [0.05, 0.1) is 22.4 Å². The monoisotopic (exact) mass is 392 g/mol. The SMILES string of the molecule is O=[N+]([O-])c1ccc(-c2csc(N/N=C/c3ccc(C(F)(F)F)cc3)n2)cc1. The minimum absolute atomic E-state index is 0.00605. The summed E-state index contributed by atoms with van der Waals surface area (Å²) in [5.74, 6) is 0. The Labute approximate surface area is 155 Å². The van der Waals surface area contributed by atoms with Crippen molar-refractivity contribution in [2.45, 2.75) is 6.18 Å². The second kappa shape index (κ2) is 7.54. The number of nitro benzene ring substituents is 1. The quantitative estimate of drug-likeness (QED) is 0.368. The number of hydrazone groups is 1. The molecule has 0 amide bonds. The number of rotatable bonds is 5. The van der Waals surface area contributed by atoms with Gasteiger partial charge in [-0.05, 0) is 29.8 Å². The average Bonchev–Trinajstić information content (AvgIpc) is 3.10. The largest absolute Gasteiger partial charge is 0.416 e. The molecule has 0 saturated carbocycles. The number of aromatic nitrogens is 1. The van der Waals surface area contributed by atoms with E-state index in [-0.39, 0.29) is 5.69 Å². The summed E-state index contributed by atoms with van der Waals surface area (Å²) in [6.45, 7) is 0. The summed E-state index contributed by atoms with van der Waals surface area (Å²) < 4.78 is 37.5. The van der Waals surface area contributed by atoms with Gasteiger partial charge in [-0.25, -0.2) is 4.98 Å². The first-order chi connectivity index (χ1) is 12.8. The normalized spacial score (nSPS) is 11.7. The lowest BCUT2D eigenvalue weighted by Gasteiger charge is -2.05. The molecule has 0 atom stereocenters. The molecule has 138 valence electrons. The van der Waals surface area contributed by atoms with Crippen LogP contribution >= 0.6 is 11.3 Å². The molecule has 1 aromatic heterocycles. The molecule has 0 unspecified atom stereocenters. The summed E-state index contributed by atoms with van der Waals surface area (Å²) in [5, 5.41) is 16.9. The highest BCUT2D eigenvalue weighted by molar-refractivity contribution is 7.14. The van der Waals surface area contributed by atoms with Crippen LogP contribution in [0.15, 0.2) is 59.0 Å². The molecule has 2 aromatic carbocycles. The maximum atomic E-state index is 12.5. The van der Waals surface area contributed by atoms with E-state index >= 15 is 0 Å². The van der Waals surface area contributed by atoms with Gasteiger partial charge in [-0.3, -0.25) is 15.5 Å². The third-order valence-corrected chi connectivity index (χ3v) is 4.24. The van der Waals surface area contributed by atoms with Gasteiger partial charge in [0.25, 0.3) is 5.69 Å². The van der Waals surface area contributed by atoms with Crippen molar-refractivity contribution in [1.29, 1.82) is 0 Å². The number of hydrogen-bond donors (Lipinski definition) is 1. The Bertz CT molecular complexity index is 967. The van der Waals surface area contributed by atoms with Gasteiger partial charge in [-0.15, -0.1) is 11.3 Å². The molecule has 1 heterocycles. The molecule has 0 fully saturated rings. The number of nitro groups is 1. The smallest absolute Gasteiger partial charge is 0.258 e. The van der Waals surface area contributed by atoms with E-state index in [0.717, 1.165) is 17.7 Å². The standard InChI is InChI=1S/C17H11F3N4O2S/c18-17(19,20)13-5-1-11(2-6-13)9-21-23-16-22-15(10-27-16)12-3-7-14(8-4-12)24(25)26/h1-10H,(H,22,23)/b21-9+. The van der Waals surface area contributed by atoms with E-state index in [9.17, 15) is 23.3 Å². The Kier molecular flexibility index (Phi) is 5.17. The van der Waals surface area contributed by atoms with Gasteiger partial charge in [0.15, 0.2) is 0 Å². The second-order valence-corrected chi connectivity index (χ2v) is 6.19. The van der Waals surface area contributed by atoms with Crippen molar-refractivity contribution in [2.24, 2.45) is 5.10 Å². The van der Waals surface area contributed by atoms with Gasteiger partial charge < -0.3 is 0 Å². The first kappa shape index (κ1) is 18.5. The molecule has 3 aromatic rings. The average molecular weight is 392 g/mol. The van der Waals surface area contributed by atoms with Gasteiger partial charge in [0.2, 0.25) is 5.13 Å². The number of nitrogens with one attached hydrogen (secondary N) is 1. The summed E-state index contributed by atoms with van der Waals surface area (Å²) in [6.07, 6.45) is -2.99. The third-order valence-electron chi connectivity index (χ3n) is 3.49. The van der Waals surface area contributed by atoms with Gasteiger partial charge in [0, 0.05) is 23.1 Å². The molecule has 6 nitrogen and oxygen atoms in total. The van der Waals surface area contributed by atoms with Crippen LogP contribution in [0.5, 0.6) is 0 Å². The number of nitrogens with zero attached hydrogens (tertiary/aromatic N) is 3. The van der Waals surface area contributed by atoms with Crippen LogP contribution in [0.1, 0.15) is 11.1 Å². The van der Waals surface area contributed by atoms with E-state index in [1.807, 2.05) is 0 Å². The minimum Gasteiger partial charge on any atom is -0.258 e. The number of anilines is 1. The number of benzene rings is 2. The molecule has 27 heavy (non-hydrogen) atoms. The molecule has 0 radical (unpaired) electrons. The van der Waals surface area contributed by atoms with Crippen LogP contribution in [-0.2, 0) is 6.18 Å². The number of non-ortho nitro benzene ring substituents is 1. The Balaban J connectivity index is 1.64. The summed E-state index contributed by atoms with van der Waals surface area (Å²) in [7, 11) is 0. The highest BCUT2D eigenvalue weighted by Gasteiger charge is 2.29. The fourth-order valence-electron chi connectivity index (χ4n) is 2.13. The van der Waals surface area contributed by atoms with E-state index in [1.54, 1.807) is 17.5 Å². The maximum absolute atomic E-state index is 12.5. The van der Waals surface area contributed by atoms with E-state index in [1.165, 1.54) is 41.8 Å². The van der Waals surface area contributed by atoms with Crippen molar-refractivity contribution in [3.63, 3.8) is 0 Å². The summed E-state index contributed by atoms with van der Waals surface area (Å²) >= 11 is 1.28. The molecule has 0 spiro atoms. The molecule has 1 N–H and O–H groups in total. The van der Waals surface area contributed by atoms with Crippen LogP contribution in [0.2, 0.25) is 0 Å². The molecule has 0 aliphatic heterocycles. The predicted octanol–water partition coefficient (Wildman–Crippen LogP) is 5.18. The second-order valence-electron chi connectivity index (χ2n) is 5.33. The molecular weight excluding hydrogens is 381 g/mol. The van der Waals surface area contributed by atoms with Crippen LogP contribution < -0.4 is 5.43 Å². The lowest BCUT2D eigenvalue weighted by Crippen LogP contribution is -2.04. The van der Waals surface area contributed by atoms with Crippen molar-refractivity contribution >= 4 is 28.4 Å². The first-order valence-electron chi connectivity index (χ1n) is 7.49. The number of alkyl halides is 3. The number of halogens is 3. The fraction of sp³-hybridized carbons (Fsp3) is 0.0588. The van der Waals surface area contributed by atoms with Crippen molar-refractivity contribution < 1.29 is 18.1 Å². The van der Waals surface area contributed by atoms with Gasteiger partial charge in [-0.2, -0.15) is 18.3 Å². The van der Waals surface area contributed by atoms with Crippen LogP contribution in [-0.4, -0.2) is 16.1 Å². The van der Waals surface area contributed by atoms with E-state index in [0.29, 0.717) is 16.4 Å². The van der Waals surface area contributed by atoms with Crippen LogP contribution in [0, 0.1) is 10.1 Å². The number of hydrogen-bond acceptors (Lipinski definition) is 6.